The highest BCUT2D eigenvalue weighted by atomic mass is 32.2. The van der Waals surface area contributed by atoms with Gasteiger partial charge in [-0.15, -0.1) is 0 Å². The fraction of sp³-hybridized carbons (Fsp3) is 0.368. The molecule has 1 spiro atoms. The highest BCUT2D eigenvalue weighted by molar-refractivity contribution is 7.99. The molecular formula is C19H20N2O3S. The molecule has 0 unspecified atom stereocenters. The largest absolute Gasteiger partial charge is 0.448 e. The zero-order valence-corrected chi connectivity index (χ0v) is 14.9. The molecule has 25 heavy (non-hydrogen) atoms. The van der Waals surface area contributed by atoms with Crippen LogP contribution in [0.2, 0.25) is 0 Å². The minimum atomic E-state index is -0.474. The zero-order chi connectivity index (χ0) is 17.3. The fourth-order valence-electron chi connectivity index (χ4n) is 3.17. The summed E-state index contributed by atoms with van der Waals surface area (Å²) in [4.78, 5) is 16.5. The molecule has 0 saturated heterocycles. The van der Waals surface area contributed by atoms with E-state index in [2.05, 4.69) is 10.3 Å². The number of aryl methyl sites for hydroxylation is 1. The number of fused-ring (bicyclic) bond motifs is 1. The second-order valence-corrected chi connectivity index (χ2v) is 7.49. The molecule has 1 aromatic heterocycles. The van der Waals surface area contributed by atoms with Crippen LogP contribution in [0.25, 0.3) is 0 Å². The normalized spacial score (nSPS) is 17.0. The third kappa shape index (κ3) is 3.58. The number of anilines is 1. The molecule has 0 atom stereocenters. The molecule has 1 amide bonds. The standard InChI is InChI=1S/C19H20N2O3S/c1-13-4-7-18(20-11-13)25-12-17(22)21-14-5-6-15-16(10-14)24-19(23-15)8-2-3-9-19/h4-7,10-11H,2-3,8-9,12H2,1H3,(H,21,22). The van der Waals surface area contributed by atoms with E-state index in [1.54, 1.807) is 6.20 Å². The Morgan fingerprint density at radius 3 is 2.76 bits per heavy atom. The summed E-state index contributed by atoms with van der Waals surface area (Å²) in [5.74, 6) is 1.25. The molecule has 2 aliphatic rings. The molecule has 1 aliphatic heterocycles. The Morgan fingerprint density at radius 2 is 2.00 bits per heavy atom. The predicted molar refractivity (Wildman–Crippen MR) is 97.2 cm³/mol. The van der Waals surface area contributed by atoms with Crippen LogP contribution in [0.5, 0.6) is 11.5 Å². The molecule has 5 nitrogen and oxygen atoms in total. The van der Waals surface area contributed by atoms with E-state index in [1.165, 1.54) is 11.8 Å². The number of benzene rings is 1. The van der Waals surface area contributed by atoms with Crippen molar-refractivity contribution in [1.29, 1.82) is 0 Å². The van der Waals surface area contributed by atoms with Gasteiger partial charge in [0.25, 0.3) is 5.79 Å². The highest BCUT2D eigenvalue weighted by Crippen LogP contribution is 2.47. The van der Waals surface area contributed by atoms with Gasteiger partial charge in [0.15, 0.2) is 11.5 Å². The van der Waals surface area contributed by atoms with Crippen molar-refractivity contribution in [2.75, 3.05) is 11.1 Å². The summed E-state index contributed by atoms with van der Waals surface area (Å²) in [7, 11) is 0. The number of hydrogen-bond acceptors (Lipinski definition) is 5. The average molecular weight is 356 g/mol. The summed E-state index contributed by atoms with van der Waals surface area (Å²) in [5.41, 5.74) is 1.83. The first-order chi connectivity index (χ1) is 12.1. The maximum atomic E-state index is 12.2. The zero-order valence-electron chi connectivity index (χ0n) is 14.1. The van der Waals surface area contributed by atoms with Crippen LogP contribution in [0.15, 0.2) is 41.6 Å². The first kappa shape index (κ1) is 16.3. The third-order valence-electron chi connectivity index (χ3n) is 4.42. The Labute approximate surface area is 151 Å². The van der Waals surface area contributed by atoms with Gasteiger partial charge in [-0.1, -0.05) is 17.8 Å². The number of aromatic nitrogens is 1. The van der Waals surface area contributed by atoms with E-state index in [4.69, 9.17) is 9.47 Å². The lowest BCUT2D eigenvalue weighted by molar-refractivity contribution is -0.113. The lowest BCUT2D eigenvalue weighted by Gasteiger charge is -2.21. The summed E-state index contributed by atoms with van der Waals surface area (Å²) in [6, 6.07) is 9.48. The van der Waals surface area contributed by atoms with Crippen LogP contribution in [0, 0.1) is 6.92 Å². The summed E-state index contributed by atoms with van der Waals surface area (Å²) in [6.45, 7) is 1.99. The monoisotopic (exact) mass is 356 g/mol. The van der Waals surface area contributed by atoms with Crippen LogP contribution in [0.3, 0.4) is 0 Å². The van der Waals surface area contributed by atoms with Crippen molar-refractivity contribution in [3.05, 3.63) is 42.1 Å². The third-order valence-corrected chi connectivity index (χ3v) is 5.36. The molecule has 0 bridgehead atoms. The number of hydrogen-bond donors (Lipinski definition) is 1. The van der Waals surface area contributed by atoms with Gasteiger partial charge in [0.1, 0.15) is 0 Å². The molecule has 6 heteroatoms. The quantitative estimate of drug-likeness (QED) is 0.834. The second kappa shape index (κ2) is 6.59. The van der Waals surface area contributed by atoms with Crippen molar-refractivity contribution >= 4 is 23.4 Å². The molecule has 4 rings (SSSR count). The highest BCUT2D eigenvalue weighted by Gasteiger charge is 2.44. The smallest absolute Gasteiger partial charge is 0.251 e. The van der Waals surface area contributed by atoms with E-state index in [0.29, 0.717) is 11.5 Å². The number of carbonyl (C=O) groups excluding carboxylic acids is 1. The molecular weight excluding hydrogens is 336 g/mol. The molecule has 2 heterocycles. The Bertz CT molecular complexity index is 786. The maximum Gasteiger partial charge on any atom is 0.251 e. The Kier molecular flexibility index (Phi) is 4.29. The number of pyridine rings is 1. The number of thioether (sulfide) groups is 1. The first-order valence-corrected chi connectivity index (χ1v) is 9.48. The maximum absolute atomic E-state index is 12.2. The van der Waals surface area contributed by atoms with Crippen LogP contribution in [0.1, 0.15) is 31.2 Å². The van der Waals surface area contributed by atoms with Crippen molar-refractivity contribution in [1.82, 2.24) is 4.98 Å². The summed E-state index contributed by atoms with van der Waals surface area (Å²) < 4.78 is 12.0. The van der Waals surface area contributed by atoms with Gasteiger partial charge in [0.2, 0.25) is 5.91 Å². The van der Waals surface area contributed by atoms with E-state index in [1.807, 2.05) is 37.3 Å². The summed E-state index contributed by atoms with van der Waals surface area (Å²) in [6.07, 6.45) is 5.90. The average Bonchev–Trinajstić information content (AvgIpc) is 3.20. The molecule has 2 aromatic rings. The van der Waals surface area contributed by atoms with Gasteiger partial charge < -0.3 is 14.8 Å². The fourth-order valence-corrected chi connectivity index (χ4v) is 3.81. The van der Waals surface area contributed by atoms with Crippen LogP contribution in [-0.4, -0.2) is 22.4 Å². The van der Waals surface area contributed by atoms with Crippen molar-refractivity contribution in [3.8, 4) is 11.5 Å². The lowest BCUT2D eigenvalue weighted by Crippen LogP contribution is -2.34. The minimum absolute atomic E-state index is 0.0678. The predicted octanol–water partition coefficient (Wildman–Crippen LogP) is 4.16. The van der Waals surface area contributed by atoms with Crippen molar-refractivity contribution in [3.63, 3.8) is 0 Å². The number of nitrogens with zero attached hydrogens (tertiary/aromatic N) is 1. The Morgan fingerprint density at radius 1 is 1.20 bits per heavy atom. The molecule has 1 N–H and O–H groups in total. The van der Waals surface area contributed by atoms with Crippen LogP contribution < -0.4 is 14.8 Å². The van der Waals surface area contributed by atoms with Gasteiger partial charge in [-0.05, 0) is 43.5 Å². The lowest BCUT2D eigenvalue weighted by atomic mass is 10.2. The van der Waals surface area contributed by atoms with Crippen molar-refractivity contribution in [2.24, 2.45) is 0 Å². The van der Waals surface area contributed by atoms with Crippen LogP contribution >= 0.6 is 11.8 Å². The van der Waals surface area contributed by atoms with E-state index < -0.39 is 5.79 Å². The van der Waals surface area contributed by atoms with Gasteiger partial charge >= 0.3 is 0 Å². The number of rotatable bonds is 4. The van der Waals surface area contributed by atoms with Gasteiger partial charge in [0, 0.05) is 30.8 Å². The van der Waals surface area contributed by atoms with Crippen LogP contribution in [0.4, 0.5) is 5.69 Å². The van der Waals surface area contributed by atoms with Crippen molar-refractivity contribution < 1.29 is 14.3 Å². The van der Waals surface area contributed by atoms with Crippen LogP contribution in [-0.2, 0) is 4.79 Å². The van der Waals surface area contributed by atoms with E-state index in [0.717, 1.165) is 47.7 Å². The number of ether oxygens (including phenoxy) is 2. The van der Waals surface area contributed by atoms with E-state index in [9.17, 15) is 4.79 Å². The van der Waals surface area contributed by atoms with E-state index in [-0.39, 0.29) is 5.91 Å². The number of carbonyl (C=O) groups is 1. The molecule has 1 saturated carbocycles. The van der Waals surface area contributed by atoms with E-state index >= 15 is 0 Å². The Hall–Kier alpha value is -2.21. The van der Waals surface area contributed by atoms with Gasteiger partial charge in [-0.2, -0.15) is 0 Å². The topological polar surface area (TPSA) is 60.5 Å². The first-order valence-electron chi connectivity index (χ1n) is 8.49. The number of amides is 1. The molecule has 1 aliphatic carbocycles. The summed E-state index contributed by atoms with van der Waals surface area (Å²) >= 11 is 1.42. The molecule has 130 valence electrons. The molecule has 0 radical (unpaired) electrons. The van der Waals surface area contributed by atoms with Gasteiger partial charge in [-0.25, -0.2) is 4.98 Å². The van der Waals surface area contributed by atoms with Crippen molar-refractivity contribution in [2.45, 2.75) is 43.4 Å². The van der Waals surface area contributed by atoms with Gasteiger partial charge in [0.05, 0.1) is 10.8 Å². The van der Waals surface area contributed by atoms with Gasteiger partial charge in [-0.3, -0.25) is 4.79 Å². The molecule has 1 fully saturated rings. The summed E-state index contributed by atoms with van der Waals surface area (Å²) in [5, 5.41) is 3.75. The SMILES string of the molecule is Cc1ccc(SCC(=O)Nc2ccc3c(c2)OC2(CCCC2)O3)nc1. The minimum Gasteiger partial charge on any atom is -0.448 e. The molecule has 1 aromatic carbocycles. The second-order valence-electron chi connectivity index (χ2n) is 6.49. The Balaban J connectivity index is 1.35. The number of nitrogens with one attached hydrogen (secondary N) is 1.